The van der Waals surface area contributed by atoms with Crippen molar-refractivity contribution in [1.82, 2.24) is 0 Å². The highest BCUT2D eigenvalue weighted by Gasteiger charge is 2.11. The third-order valence-electron chi connectivity index (χ3n) is 3.03. The maximum Gasteiger partial charge on any atom is 0.336 e. The number of nitrogens with one attached hydrogen (secondary N) is 1. The van der Waals surface area contributed by atoms with Gasteiger partial charge in [0.1, 0.15) is 0 Å². The molecule has 1 atom stereocenters. The fourth-order valence-corrected chi connectivity index (χ4v) is 1.95. The van der Waals surface area contributed by atoms with Crippen LogP contribution >= 0.6 is 0 Å². The summed E-state index contributed by atoms with van der Waals surface area (Å²) in [6, 6.07) is 4.09. The van der Waals surface area contributed by atoms with Gasteiger partial charge in [0, 0.05) is 11.7 Å². The quantitative estimate of drug-likeness (QED) is 0.819. The molecule has 0 aliphatic carbocycles. The second-order valence-corrected chi connectivity index (χ2v) is 4.60. The first kappa shape index (κ1) is 13.6. The zero-order valence-corrected chi connectivity index (χ0v) is 11.0. The van der Waals surface area contributed by atoms with Crippen LogP contribution in [-0.2, 0) is 0 Å². The number of anilines is 1. The van der Waals surface area contributed by atoms with Crippen LogP contribution in [0.1, 0.15) is 48.2 Å². The monoisotopic (exact) mass is 235 g/mol. The highest BCUT2D eigenvalue weighted by atomic mass is 16.4. The fourth-order valence-electron chi connectivity index (χ4n) is 1.95. The highest BCUT2D eigenvalue weighted by molar-refractivity contribution is 5.91. The number of hydrogen-bond donors (Lipinski definition) is 2. The van der Waals surface area contributed by atoms with Gasteiger partial charge in [-0.2, -0.15) is 0 Å². The van der Waals surface area contributed by atoms with Crippen molar-refractivity contribution in [1.29, 1.82) is 0 Å². The van der Waals surface area contributed by atoms with Gasteiger partial charge >= 0.3 is 5.97 Å². The Bertz CT molecular complexity index is 413. The minimum Gasteiger partial charge on any atom is -0.478 e. The van der Waals surface area contributed by atoms with Gasteiger partial charge in [0.15, 0.2) is 0 Å². The van der Waals surface area contributed by atoms with Crippen LogP contribution in [0.15, 0.2) is 12.1 Å². The predicted octanol–water partition coefficient (Wildman–Crippen LogP) is 3.60. The molecule has 0 spiro atoms. The third kappa shape index (κ3) is 3.48. The van der Waals surface area contributed by atoms with Gasteiger partial charge in [-0.15, -0.1) is 0 Å². The topological polar surface area (TPSA) is 49.3 Å². The molecule has 3 heteroatoms. The Hall–Kier alpha value is -1.51. The molecule has 0 bridgehead atoms. The van der Waals surface area contributed by atoms with Gasteiger partial charge in [0.25, 0.3) is 0 Å². The summed E-state index contributed by atoms with van der Waals surface area (Å²) in [5, 5.41) is 12.5. The molecule has 1 unspecified atom stereocenters. The lowest BCUT2D eigenvalue weighted by molar-refractivity contribution is 0.0696. The van der Waals surface area contributed by atoms with Crippen LogP contribution in [0.3, 0.4) is 0 Å². The molecule has 0 aliphatic rings. The molecular weight excluding hydrogens is 214 g/mol. The SMILES string of the molecule is CCCC(C)Nc1cc(C)c(C)c(C(=O)O)c1. The molecule has 0 saturated carbocycles. The third-order valence-corrected chi connectivity index (χ3v) is 3.03. The lowest BCUT2D eigenvalue weighted by Crippen LogP contribution is -2.15. The van der Waals surface area contributed by atoms with Crippen molar-refractivity contribution in [3.63, 3.8) is 0 Å². The lowest BCUT2D eigenvalue weighted by atomic mass is 10.0. The Morgan fingerprint density at radius 2 is 2.06 bits per heavy atom. The average molecular weight is 235 g/mol. The Labute approximate surface area is 103 Å². The van der Waals surface area contributed by atoms with Crippen LogP contribution < -0.4 is 5.32 Å². The van der Waals surface area contributed by atoms with Gasteiger partial charge in [0.05, 0.1) is 5.56 Å². The maximum absolute atomic E-state index is 11.1. The van der Waals surface area contributed by atoms with Crippen molar-refractivity contribution >= 4 is 11.7 Å². The van der Waals surface area contributed by atoms with E-state index in [0.717, 1.165) is 29.7 Å². The van der Waals surface area contributed by atoms with Crippen LogP contribution in [0.25, 0.3) is 0 Å². The number of rotatable bonds is 5. The van der Waals surface area contributed by atoms with Crippen LogP contribution in [-0.4, -0.2) is 17.1 Å². The molecule has 0 saturated heterocycles. The number of carboxylic acid groups (broad SMARTS) is 1. The van der Waals surface area contributed by atoms with Crippen molar-refractivity contribution in [2.75, 3.05) is 5.32 Å². The minimum atomic E-state index is -0.864. The molecule has 3 nitrogen and oxygen atoms in total. The van der Waals surface area contributed by atoms with Gasteiger partial charge in [-0.3, -0.25) is 0 Å². The summed E-state index contributed by atoms with van der Waals surface area (Å²) in [5.41, 5.74) is 3.13. The molecule has 1 aromatic carbocycles. The summed E-state index contributed by atoms with van der Waals surface area (Å²) in [4.78, 5) is 11.1. The van der Waals surface area contributed by atoms with Crippen molar-refractivity contribution in [3.05, 3.63) is 28.8 Å². The van der Waals surface area contributed by atoms with Crippen molar-refractivity contribution in [2.24, 2.45) is 0 Å². The van der Waals surface area contributed by atoms with Crippen molar-refractivity contribution in [2.45, 2.75) is 46.6 Å². The Kier molecular flexibility index (Phi) is 4.55. The molecule has 17 heavy (non-hydrogen) atoms. The Morgan fingerprint density at radius 3 is 2.59 bits per heavy atom. The molecule has 0 aliphatic heterocycles. The molecule has 0 radical (unpaired) electrons. The van der Waals surface area contributed by atoms with E-state index in [0.29, 0.717) is 11.6 Å². The van der Waals surface area contributed by atoms with E-state index < -0.39 is 5.97 Å². The first-order valence-electron chi connectivity index (χ1n) is 6.06. The lowest BCUT2D eigenvalue weighted by Gasteiger charge is -2.16. The zero-order valence-electron chi connectivity index (χ0n) is 11.0. The van der Waals surface area contributed by atoms with E-state index >= 15 is 0 Å². The fraction of sp³-hybridized carbons (Fsp3) is 0.500. The number of carbonyl (C=O) groups is 1. The van der Waals surface area contributed by atoms with Gasteiger partial charge in [-0.05, 0) is 50.5 Å². The van der Waals surface area contributed by atoms with Gasteiger partial charge < -0.3 is 10.4 Å². The second-order valence-electron chi connectivity index (χ2n) is 4.60. The summed E-state index contributed by atoms with van der Waals surface area (Å²) in [6.45, 7) is 8.04. The molecule has 0 heterocycles. The minimum absolute atomic E-state index is 0.365. The van der Waals surface area contributed by atoms with Crippen LogP contribution in [0.2, 0.25) is 0 Å². The second kappa shape index (κ2) is 5.71. The molecular formula is C14H21NO2. The molecule has 94 valence electrons. The molecule has 1 aromatic rings. The van der Waals surface area contributed by atoms with Crippen LogP contribution in [0, 0.1) is 13.8 Å². The van der Waals surface area contributed by atoms with E-state index in [-0.39, 0.29) is 0 Å². The van der Waals surface area contributed by atoms with E-state index in [1.165, 1.54) is 0 Å². The van der Waals surface area contributed by atoms with Gasteiger partial charge in [-0.1, -0.05) is 13.3 Å². The number of aromatic carboxylic acids is 1. The molecule has 2 N–H and O–H groups in total. The maximum atomic E-state index is 11.1. The number of carboxylic acids is 1. The summed E-state index contributed by atoms with van der Waals surface area (Å²) >= 11 is 0. The number of aryl methyl sites for hydroxylation is 1. The van der Waals surface area contributed by atoms with Crippen LogP contribution in [0.4, 0.5) is 5.69 Å². The normalized spacial score (nSPS) is 12.2. The number of benzene rings is 1. The Balaban J connectivity index is 2.98. The molecule has 0 fully saturated rings. The van der Waals surface area contributed by atoms with Gasteiger partial charge in [-0.25, -0.2) is 4.79 Å². The summed E-state index contributed by atoms with van der Waals surface area (Å²) in [6.07, 6.45) is 2.19. The summed E-state index contributed by atoms with van der Waals surface area (Å²) < 4.78 is 0. The van der Waals surface area contributed by atoms with Crippen molar-refractivity contribution < 1.29 is 9.90 Å². The number of hydrogen-bond acceptors (Lipinski definition) is 2. The average Bonchev–Trinajstić information content (AvgIpc) is 2.23. The van der Waals surface area contributed by atoms with E-state index in [1.807, 2.05) is 19.9 Å². The zero-order chi connectivity index (χ0) is 13.0. The standard InChI is InChI=1S/C14H21NO2/c1-5-6-10(3)15-12-7-9(2)11(4)13(8-12)14(16)17/h7-8,10,15H,5-6H2,1-4H3,(H,16,17). The van der Waals surface area contributed by atoms with E-state index in [4.69, 9.17) is 5.11 Å². The van der Waals surface area contributed by atoms with Crippen LogP contribution in [0.5, 0.6) is 0 Å². The predicted molar refractivity (Wildman–Crippen MR) is 70.9 cm³/mol. The smallest absolute Gasteiger partial charge is 0.336 e. The molecule has 1 rings (SSSR count). The van der Waals surface area contributed by atoms with Crippen molar-refractivity contribution in [3.8, 4) is 0 Å². The Morgan fingerprint density at radius 1 is 1.41 bits per heavy atom. The van der Waals surface area contributed by atoms with E-state index in [2.05, 4.69) is 19.2 Å². The highest BCUT2D eigenvalue weighted by Crippen LogP contribution is 2.21. The first-order valence-corrected chi connectivity index (χ1v) is 6.06. The van der Waals surface area contributed by atoms with E-state index in [1.54, 1.807) is 6.07 Å². The molecule has 0 amide bonds. The first-order chi connectivity index (χ1) is 7.95. The largest absolute Gasteiger partial charge is 0.478 e. The summed E-state index contributed by atoms with van der Waals surface area (Å²) in [5.74, 6) is -0.864. The van der Waals surface area contributed by atoms with E-state index in [9.17, 15) is 4.79 Å². The summed E-state index contributed by atoms with van der Waals surface area (Å²) in [7, 11) is 0. The molecule has 0 aromatic heterocycles. The van der Waals surface area contributed by atoms with Gasteiger partial charge in [0.2, 0.25) is 0 Å².